The lowest BCUT2D eigenvalue weighted by atomic mass is 10.1. The zero-order chi connectivity index (χ0) is 23.3. The Morgan fingerprint density at radius 1 is 0.912 bits per heavy atom. The molecule has 34 heavy (non-hydrogen) atoms. The van der Waals surface area contributed by atoms with Gasteiger partial charge < -0.3 is 23.7 Å². The normalized spacial score (nSPS) is 17.2. The number of imidazole rings is 1. The summed E-state index contributed by atoms with van der Waals surface area (Å²) < 4.78 is 13.1. The average Bonchev–Trinajstić information content (AvgIpc) is 3.31. The summed E-state index contributed by atoms with van der Waals surface area (Å²) in [7, 11) is 0. The summed E-state index contributed by atoms with van der Waals surface area (Å²) in [5.41, 5.74) is 2.36. The van der Waals surface area contributed by atoms with E-state index in [1.54, 1.807) is 12.1 Å². The molecule has 2 fully saturated rings. The molecule has 0 aliphatic carbocycles. The molecule has 2 aliphatic heterocycles. The van der Waals surface area contributed by atoms with Gasteiger partial charge in [0, 0.05) is 57.2 Å². The van der Waals surface area contributed by atoms with Crippen LogP contribution in [0.1, 0.15) is 16.1 Å². The fourth-order valence-electron chi connectivity index (χ4n) is 4.30. The number of benzene rings is 1. The number of nitrogens with zero attached hydrogens (tertiary/aromatic N) is 5. The second-order valence-corrected chi connectivity index (χ2v) is 8.57. The zero-order valence-corrected chi connectivity index (χ0v) is 19.1. The van der Waals surface area contributed by atoms with Gasteiger partial charge in [0.1, 0.15) is 18.0 Å². The van der Waals surface area contributed by atoms with Gasteiger partial charge in [-0.15, -0.1) is 0 Å². The molecule has 2 amide bonds. The van der Waals surface area contributed by atoms with Crippen LogP contribution >= 0.6 is 0 Å². The summed E-state index contributed by atoms with van der Waals surface area (Å²) >= 11 is 0. The molecule has 2 aromatic heterocycles. The number of ether oxygens (including phenoxy) is 2. The van der Waals surface area contributed by atoms with Crippen molar-refractivity contribution in [2.24, 2.45) is 0 Å². The van der Waals surface area contributed by atoms with Crippen LogP contribution in [0, 0.1) is 0 Å². The van der Waals surface area contributed by atoms with Crippen LogP contribution in [0.3, 0.4) is 0 Å². The van der Waals surface area contributed by atoms with E-state index in [4.69, 9.17) is 9.47 Å². The highest BCUT2D eigenvalue weighted by atomic mass is 16.5. The second kappa shape index (κ2) is 10.2. The van der Waals surface area contributed by atoms with E-state index >= 15 is 0 Å². The van der Waals surface area contributed by atoms with E-state index in [1.807, 2.05) is 56.9 Å². The van der Waals surface area contributed by atoms with Crippen LogP contribution in [-0.4, -0.2) is 94.9 Å². The van der Waals surface area contributed by atoms with Crippen LogP contribution in [0.4, 0.5) is 0 Å². The Labute approximate surface area is 198 Å². The molecule has 0 radical (unpaired) electrons. The van der Waals surface area contributed by atoms with Gasteiger partial charge in [-0.3, -0.25) is 14.5 Å². The third-order valence-corrected chi connectivity index (χ3v) is 6.28. The summed E-state index contributed by atoms with van der Waals surface area (Å²) in [6.07, 6.45) is 3.90. The Kier molecular flexibility index (Phi) is 6.73. The van der Waals surface area contributed by atoms with Gasteiger partial charge in [-0.25, -0.2) is 4.98 Å². The summed E-state index contributed by atoms with van der Waals surface area (Å²) in [5, 5.41) is 0. The first kappa shape index (κ1) is 22.4. The molecule has 4 heterocycles. The lowest BCUT2D eigenvalue weighted by molar-refractivity contribution is -0.136. The molecule has 178 valence electrons. The van der Waals surface area contributed by atoms with Crippen LogP contribution in [-0.2, 0) is 16.1 Å². The molecule has 9 heteroatoms. The van der Waals surface area contributed by atoms with Crippen molar-refractivity contribution < 1.29 is 19.1 Å². The minimum absolute atomic E-state index is 0.00561. The van der Waals surface area contributed by atoms with Crippen LogP contribution in [0.5, 0.6) is 5.75 Å². The summed E-state index contributed by atoms with van der Waals surface area (Å²) in [6, 6.07) is 13.1. The molecule has 3 aromatic rings. The molecule has 0 spiro atoms. The molecule has 5 rings (SSSR count). The van der Waals surface area contributed by atoms with Crippen molar-refractivity contribution in [1.29, 1.82) is 0 Å². The molecule has 2 saturated heterocycles. The van der Waals surface area contributed by atoms with Crippen LogP contribution in [0.15, 0.2) is 54.9 Å². The fraction of sp³-hybridized carbons (Fsp3) is 0.400. The van der Waals surface area contributed by atoms with E-state index in [0.717, 1.165) is 11.3 Å². The quantitative estimate of drug-likeness (QED) is 0.552. The minimum Gasteiger partial charge on any atom is -0.487 e. The number of carbonyl (C=O) groups is 2. The van der Waals surface area contributed by atoms with Gasteiger partial charge in [0.05, 0.1) is 25.5 Å². The maximum Gasteiger partial charge on any atom is 0.253 e. The van der Waals surface area contributed by atoms with Crippen molar-refractivity contribution in [1.82, 2.24) is 24.1 Å². The third kappa shape index (κ3) is 5.21. The van der Waals surface area contributed by atoms with Gasteiger partial charge >= 0.3 is 0 Å². The first-order valence-electron chi connectivity index (χ1n) is 11.7. The Morgan fingerprint density at radius 2 is 1.68 bits per heavy atom. The fourth-order valence-corrected chi connectivity index (χ4v) is 4.30. The lowest BCUT2D eigenvalue weighted by Crippen LogP contribution is -2.52. The van der Waals surface area contributed by atoms with Crippen LogP contribution in [0.25, 0.3) is 5.65 Å². The number of hydrogen-bond donors (Lipinski definition) is 0. The number of piperazine rings is 1. The molecule has 9 nitrogen and oxygen atoms in total. The Morgan fingerprint density at radius 3 is 2.41 bits per heavy atom. The van der Waals surface area contributed by atoms with Crippen molar-refractivity contribution in [3.05, 3.63) is 66.1 Å². The maximum absolute atomic E-state index is 12.9. The monoisotopic (exact) mass is 463 g/mol. The van der Waals surface area contributed by atoms with Gasteiger partial charge in [-0.05, 0) is 36.4 Å². The number of hydrogen-bond acceptors (Lipinski definition) is 6. The first-order chi connectivity index (χ1) is 16.7. The summed E-state index contributed by atoms with van der Waals surface area (Å²) in [5.74, 6) is 0.841. The van der Waals surface area contributed by atoms with E-state index in [0.29, 0.717) is 76.9 Å². The minimum atomic E-state index is 0.00561. The Hall–Kier alpha value is -3.43. The average molecular weight is 464 g/mol. The van der Waals surface area contributed by atoms with Crippen molar-refractivity contribution in [3.8, 4) is 5.75 Å². The number of carbonyl (C=O) groups excluding carboxylic acids is 2. The van der Waals surface area contributed by atoms with Crippen LogP contribution < -0.4 is 4.74 Å². The molecule has 0 unspecified atom stereocenters. The van der Waals surface area contributed by atoms with E-state index in [9.17, 15) is 9.59 Å². The molecule has 0 atom stereocenters. The third-order valence-electron chi connectivity index (χ3n) is 6.28. The van der Waals surface area contributed by atoms with Crippen molar-refractivity contribution in [3.63, 3.8) is 0 Å². The Balaban J connectivity index is 1.09. The molecule has 1 aromatic carbocycles. The standard InChI is InChI=1S/C25H29N5O4/c31-24(28-13-15-33-16-14-28)18-27-9-11-29(12-10-27)25(32)20-4-6-22(7-5-20)34-19-21-17-30-8-2-1-3-23(30)26-21/h1-8,17H,9-16,18-19H2. The number of amides is 2. The maximum atomic E-state index is 12.9. The Bertz CT molecular complexity index is 1100. The molecule has 0 saturated carbocycles. The second-order valence-electron chi connectivity index (χ2n) is 8.57. The lowest BCUT2D eigenvalue weighted by Gasteiger charge is -2.36. The van der Waals surface area contributed by atoms with E-state index in [1.165, 1.54) is 0 Å². The number of aromatic nitrogens is 2. The van der Waals surface area contributed by atoms with Crippen molar-refractivity contribution in [2.45, 2.75) is 6.61 Å². The van der Waals surface area contributed by atoms with Crippen molar-refractivity contribution >= 4 is 17.5 Å². The number of pyridine rings is 1. The summed E-state index contributed by atoms with van der Waals surface area (Å²) in [4.78, 5) is 35.7. The first-order valence-corrected chi connectivity index (χ1v) is 11.7. The number of fused-ring (bicyclic) bond motifs is 1. The largest absolute Gasteiger partial charge is 0.487 e. The van der Waals surface area contributed by atoms with Gasteiger partial charge in [-0.1, -0.05) is 6.07 Å². The van der Waals surface area contributed by atoms with Crippen LogP contribution in [0.2, 0.25) is 0 Å². The predicted octanol–water partition coefficient (Wildman–Crippen LogP) is 1.53. The smallest absolute Gasteiger partial charge is 0.253 e. The van der Waals surface area contributed by atoms with E-state index in [2.05, 4.69) is 9.88 Å². The topological polar surface area (TPSA) is 79.6 Å². The van der Waals surface area contributed by atoms with E-state index in [-0.39, 0.29) is 11.8 Å². The van der Waals surface area contributed by atoms with Gasteiger partial charge in [0.2, 0.25) is 5.91 Å². The molecule has 0 N–H and O–H groups in total. The van der Waals surface area contributed by atoms with Gasteiger partial charge in [0.25, 0.3) is 5.91 Å². The van der Waals surface area contributed by atoms with E-state index < -0.39 is 0 Å². The molecular formula is C25H29N5O4. The SMILES string of the molecule is O=C(CN1CCN(C(=O)c2ccc(OCc3cn4ccccc4n3)cc2)CC1)N1CCOCC1. The highest BCUT2D eigenvalue weighted by Gasteiger charge is 2.25. The van der Waals surface area contributed by atoms with Crippen molar-refractivity contribution in [2.75, 3.05) is 59.0 Å². The highest BCUT2D eigenvalue weighted by molar-refractivity contribution is 5.94. The zero-order valence-electron chi connectivity index (χ0n) is 19.1. The highest BCUT2D eigenvalue weighted by Crippen LogP contribution is 2.17. The summed E-state index contributed by atoms with van der Waals surface area (Å²) in [6.45, 7) is 5.93. The molecular weight excluding hydrogens is 434 g/mol. The molecule has 0 bridgehead atoms. The number of morpholine rings is 1. The predicted molar refractivity (Wildman–Crippen MR) is 126 cm³/mol. The van der Waals surface area contributed by atoms with Gasteiger partial charge in [0.15, 0.2) is 0 Å². The van der Waals surface area contributed by atoms with Gasteiger partial charge in [-0.2, -0.15) is 0 Å². The number of rotatable bonds is 6. The molecule has 2 aliphatic rings.